The van der Waals surface area contributed by atoms with Crippen molar-refractivity contribution < 1.29 is 33.6 Å². The molecule has 63 heavy (non-hydrogen) atoms. The molecule has 3 saturated carbocycles. The average molecular weight is 864 g/mol. The largest absolute Gasteiger partial charge is 0.491 e. The topological polar surface area (TPSA) is 153 Å². The Morgan fingerprint density at radius 2 is 1.79 bits per heavy atom. The number of likely N-dealkylation sites (N-methyl/N-ethyl adjacent to an activating group) is 1. The van der Waals surface area contributed by atoms with Crippen molar-refractivity contribution in [2.75, 3.05) is 59.5 Å². The van der Waals surface area contributed by atoms with Gasteiger partial charge in [-0.3, -0.25) is 14.5 Å². The van der Waals surface area contributed by atoms with Gasteiger partial charge in [-0.25, -0.2) is 9.67 Å². The van der Waals surface area contributed by atoms with Crippen molar-refractivity contribution >= 4 is 29.4 Å². The van der Waals surface area contributed by atoms with Crippen LogP contribution in [-0.4, -0.2) is 129 Å². The monoisotopic (exact) mass is 863 g/mol. The second kappa shape index (κ2) is 16.1. The van der Waals surface area contributed by atoms with Crippen LogP contribution in [0.4, 0.5) is 5.95 Å². The van der Waals surface area contributed by atoms with Crippen LogP contribution in [0.1, 0.15) is 104 Å². The summed E-state index contributed by atoms with van der Waals surface area (Å²) in [6, 6.07) is -0.434. The number of fused-ring (bicyclic) bond motifs is 4. The van der Waals surface area contributed by atoms with Crippen LogP contribution in [0.25, 0.3) is 6.08 Å². The molecule has 2 aromatic rings. The van der Waals surface area contributed by atoms with Crippen molar-refractivity contribution in [2.45, 2.75) is 116 Å². The van der Waals surface area contributed by atoms with E-state index in [4.69, 9.17) is 29.0 Å². The fourth-order valence-corrected chi connectivity index (χ4v) is 11.7. The number of ether oxygens (including phenoxy) is 4. The number of aromatic nitrogens is 3. The molecule has 14 nitrogen and oxygen atoms in total. The first-order chi connectivity index (χ1) is 30.0. The number of nitrogens with one attached hydrogen (secondary N) is 1. The predicted molar refractivity (Wildman–Crippen MR) is 241 cm³/mol. The first-order valence-corrected chi connectivity index (χ1v) is 22.9. The van der Waals surface area contributed by atoms with Gasteiger partial charge in [0, 0.05) is 68.7 Å². The number of ketones is 1. The first-order valence-electron chi connectivity index (χ1n) is 22.9. The van der Waals surface area contributed by atoms with Gasteiger partial charge in [-0.1, -0.05) is 29.4 Å². The lowest BCUT2D eigenvalue weighted by Crippen LogP contribution is -2.79. The highest BCUT2D eigenvalue weighted by molar-refractivity contribution is 6.14. The van der Waals surface area contributed by atoms with Gasteiger partial charge in [0.2, 0.25) is 11.9 Å². The maximum atomic E-state index is 15.6. The molecule has 5 aliphatic heterocycles. The van der Waals surface area contributed by atoms with E-state index in [9.17, 15) is 9.90 Å². The van der Waals surface area contributed by atoms with E-state index >= 15 is 4.79 Å². The fourth-order valence-electron chi connectivity index (χ4n) is 11.7. The number of benzene rings is 1. The number of hydrogen-bond acceptors (Lipinski definition) is 12. The number of aliphatic imine (C=N–C) groups is 1. The molecule has 0 radical (unpaired) electrons. The third kappa shape index (κ3) is 7.01. The van der Waals surface area contributed by atoms with Gasteiger partial charge in [0.25, 0.3) is 0 Å². The quantitative estimate of drug-likeness (QED) is 0.171. The summed E-state index contributed by atoms with van der Waals surface area (Å²) in [5, 5.41) is 16.9. The Morgan fingerprint density at radius 1 is 1.03 bits per heavy atom. The molecular weight excluding hydrogens is 799 g/mol. The lowest BCUT2D eigenvalue weighted by molar-refractivity contribution is -0.207. The van der Waals surface area contributed by atoms with Gasteiger partial charge in [-0.05, 0) is 100 Å². The second-order valence-electron chi connectivity index (χ2n) is 20.0. The zero-order valence-electron chi connectivity index (χ0n) is 38.5. The highest BCUT2D eigenvalue weighted by Gasteiger charge is 2.86. The van der Waals surface area contributed by atoms with Crippen molar-refractivity contribution in [3.05, 3.63) is 64.0 Å². The maximum Gasteiger partial charge on any atom is 0.248 e. The van der Waals surface area contributed by atoms with Gasteiger partial charge < -0.3 is 34.3 Å². The van der Waals surface area contributed by atoms with E-state index in [-0.39, 0.29) is 37.2 Å². The predicted octanol–water partition coefficient (Wildman–Crippen LogP) is 5.96. The molecular formula is C49H65N7O7. The van der Waals surface area contributed by atoms with Crippen LogP contribution in [0.5, 0.6) is 17.2 Å². The summed E-state index contributed by atoms with van der Waals surface area (Å²) in [5.74, 6) is 0.835. The van der Waals surface area contributed by atoms with Crippen molar-refractivity contribution in [1.29, 1.82) is 0 Å². The molecule has 7 unspecified atom stereocenters. The first kappa shape index (κ1) is 43.6. The van der Waals surface area contributed by atoms with Gasteiger partial charge >= 0.3 is 0 Å². The van der Waals surface area contributed by atoms with Crippen molar-refractivity contribution in [1.82, 2.24) is 29.9 Å². The molecule has 338 valence electrons. The second-order valence-corrected chi connectivity index (χ2v) is 20.0. The number of hydrogen-bond donors (Lipinski definition) is 2. The van der Waals surface area contributed by atoms with Crippen LogP contribution in [-0.2, 0) is 20.7 Å². The van der Waals surface area contributed by atoms with Gasteiger partial charge in [0.05, 0.1) is 41.0 Å². The lowest BCUT2D eigenvalue weighted by atomic mass is 9.44. The summed E-state index contributed by atoms with van der Waals surface area (Å²) >= 11 is 0. The maximum absolute atomic E-state index is 15.6. The molecule has 4 bridgehead atoms. The normalized spacial score (nSPS) is 30.9. The summed E-state index contributed by atoms with van der Waals surface area (Å²) in [7, 11) is 2.16. The third-order valence-corrected chi connectivity index (χ3v) is 14.8. The molecule has 7 atom stereocenters. The molecule has 5 fully saturated rings. The molecule has 6 heterocycles. The minimum Gasteiger partial charge on any atom is -0.491 e. The standard InChI is InChI=1S/C49H65N7O7/c1-29(2)11-10-16-47(8)17-15-33-40(61-47)32(13-12-30(3)4)42-36(41(33)60-26-24-55-22-20-54(9)21-23-55)38-37-39(56-45(53-38)51-28-52-56)34-27-35-46(6,7)63-48(43(34)58,49(35,37)62-42)18-14-31(5)44(59)50-19-25-57/h11-12,14-15,17,28,34-35,37,39,57H,10,13,16,18-27H2,1-9H3,(H,50,59). The number of aliphatic hydroxyl groups excluding tert-OH is 1. The molecule has 2 saturated heterocycles. The Labute approximate surface area is 371 Å². The Bertz CT molecular complexity index is 2340. The number of Topliss-reactive ketones (excluding diaryl/α,β-unsaturated/α-hetero) is 1. The number of allylic oxidation sites excluding steroid dienone is 4. The molecule has 1 amide bonds. The minimum absolute atomic E-state index is 0.0602. The summed E-state index contributed by atoms with van der Waals surface area (Å²) < 4.78 is 31.4. The summed E-state index contributed by atoms with van der Waals surface area (Å²) in [6.07, 6.45) is 14.9. The highest BCUT2D eigenvalue weighted by Crippen LogP contribution is 2.73. The Morgan fingerprint density at radius 3 is 2.52 bits per heavy atom. The van der Waals surface area contributed by atoms with E-state index in [0.29, 0.717) is 48.2 Å². The Balaban J connectivity index is 1.28. The lowest BCUT2D eigenvalue weighted by Gasteiger charge is -2.64. The molecule has 1 aromatic heterocycles. The van der Waals surface area contributed by atoms with Crippen molar-refractivity contribution in [3.8, 4) is 17.2 Å². The number of amides is 1. The van der Waals surface area contributed by atoms with E-state index in [1.165, 1.54) is 11.9 Å². The Hall–Kier alpha value is -4.63. The SMILES string of the molecule is CC(C)=CCCC1(C)C=Cc2c(c(CC=C(C)C)c3c(c2OCCN2CCN(C)CC2)C2=Nc4ncnn4C4C5CC6C(C)(C)OC(CC=C(C)C(=O)NCCO)(C5=O)C6(O3)C24)O1. The van der Waals surface area contributed by atoms with Crippen LogP contribution in [0.15, 0.2) is 52.3 Å². The third-order valence-electron chi connectivity index (χ3n) is 14.8. The van der Waals surface area contributed by atoms with Crippen LogP contribution < -0.4 is 19.5 Å². The van der Waals surface area contributed by atoms with E-state index in [2.05, 4.69) is 99.9 Å². The summed E-state index contributed by atoms with van der Waals surface area (Å²) in [4.78, 5) is 43.7. The smallest absolute Gasteiger partial charge is 0.248 e. The van der Waals surface area contributed by atoms with E-state index < -0.39 is 40.3 Å². The molecule has 14 heteroatoms. The molecule has 2 N–H and O–H groups in total. The molecule has 1 spiro atoms. The molecule has 8 aliphatic rings. The zero-order valence-corrected chi connectivity index (χ0v) is 38.5. The summed E-state index contributed by atoms with van der Waals surface area (Å²) in [6.45, 7) is 21.5. The van der Waals surface area contributed by atoms with Crippen LogP contribution in [0, 0.1) is 17.8 Å². The molecule has 3 aliphatic carbocycles. The summed E-state index contributed by atoms with van der Waals surface area (Å²) in [5.41, 5.74) is 1.94. The van der Waals surface area contributed by atoms with Gasteiger partial charge in [-0.2, -0.15) is 10.1 Å². The van der Waals surface area contributed by atoms with Gasteiger partial charge in [-0.15, -0.1) is 0 Å². The number of nitrogens with zero attached hydrogens (tertiary/aromatic N) is 6. The van der Waals surface area contributed by atoms with Crippen LogP contribution >= 0.6 is 0 Å². The van der Waals surface area contributed by atoms with Gasteiger partial charge in [0.1, 0.15) is 35.8 Å². The van der Waals surface area contributed by atoms with E-state index in [0.717, 1.165) is 73.5 Å². The number of carbonyl (C=O) groups is 2. The number of piperazine rings is 1. The zero-order chi connectivity index (χ0) is 44.6. The number of rotatable bonds is 14. The fraction of sp³-hybridized carbons (Fsp3) is 0.612. The molecule has 1 aromatic carbocycles. The number of aliphatic hydroxyl groups is 1. The van der Waals surface area contributed by atoms with E-state index in [1.807, 2.05) is 10.8 Å². The van der Waals surface area contributed by atoms with Crippen LogP contribution in [0.3, 0.4) is 0 Å². The Kier molecular flexibility index (Phi) is 11.2. The average Bonchev–Trinajstić information content (AvgIpc) is 3.77. The van der Waals surface area contributed by atoms with Crippen molar-refractivity contribution in [2.24, 2.45) is 22.7 Å². The highest BCUT2D eigenvalue weighted by atomic mass is 16.6. The minimum atomic E-state index is -1.48. The van der Waals surface area contributed by atoms with Gasteiger partial charge in [0.15, 0.2) is 17.0 Å². The number of carbonyl (C=O) groups excluding carboxylic acids is 2. The van der Waals surface area contributed by atoms with Crippen LogP contribution in [0.2, 0.25) is 0 Å². The van der Waals surface area contributed by atoms with E-state index in [1.54, 1.807) is 6.92 Å². The van der Waals surface area contributed by atoms with Crippen molar-refractivity contribution in [3.63, 3.8) is 0 Å². The molecule has 10 rings (SSSR count).